The van der Waals surface area contributed by atoms with Crippen LogP contribution in [0.25, 0.3) is 0 Å². The summed E-state index contributed by atoms with van der Waals surface area (Å²) >= 11 is 0. The lowest BCUT2D eigenvalue weighted by Gasteiger charge is -2.29. The number of rotatable bonds is 17. The Balaban J connectivity index is 2.14. The van der Waals surface area contributed by atoms with Crippen molar-refractivity contribution >= 4 is 29.8 Å². The van der Waals surface area contributed by atoms with Gasteiger partial charge < -0.3 is 42.2 Å². The van der Waals surface area contributed by atoms with Crippen LogP contribution in [0.3, 0.4) is 0 Å². The van der Waals surface area contributed by atoms with Crippen molar-refractivity contribution in [3.63, 3.8) is 0 Å². The standard InChI is InChI=1S/C25H42N8O5/c1-17(35)22(32-23(36)19(8-2-4-10-26)30-21-15-28-12-13-29-21)24(37)31-20(9-3-5-11-27)25(38)33-14-6-7-18(33)16-34/h12-13,15-20,22,35H,2-11,14,26-27H2,1H3,(H,29,30)(H,31,37)(H,32,36). The molecule has 1 fully saturated rings. The average molecular weight is 535 g/mol. The number of nitrogens with one attached hydrogen (secondary N) is 3. The van der Waals surface area contributed by atoms with Crippen LogP contribution >= 0.6 is 0 Å². The Hall–Kier alpha value is -3.16. The van der Waals surface area contributed by atoms with E-state index in [1.165, 1.54) is 30.4 Å². The summed E-state index contributed by atoms with van der Waals surface area (Å²) in [6, 6.07) is -3.50. The number of hydrogen-bond donors (Lipinski definition) is 6. The number of unbranched alkanes of at least 4 members (excludes halogenated alkanes) is 2. The lowest BCUT2D eigenvalue weighted by atomic mass is 10.0. The summed E-state index contributed by atoms with van der Waals surface area (Å²) in [4.78, 5) is 60.8. The number of nitrogens with two attached hydrogens (primary N) is 2. The Morgan fingerprint density at radius 1 is 1.08 bits per heavy atom. The molecule has 1 aliphatic heterocycles. The van der Waals surface area contributed by atoms with Crippen molar-refractivity contribution in [2.75, 3.05) is 25.0 Å². The third-order valence-corrected chi connectivity index (χ3v) is 6.51. The number of hydrogen-bond acceptors (Lipinski definition) is 10. The fourth-order valence-electron chi connectivity index (χ4n) is 4.39. The number of aromatic nitrogens is 2. The number of amides is 3. The first-order valence-electron chi connectivity index (χ1n) is 13.3. The van der Waals surface area contributed by atoms with E-state index < -0.39 is 42.1 Å². The quantitative estimate of drug-likeness (QED) is 0.107. The van der Waals surface area contributed by atoms with Crippen molar-refractivity contribution in [2.45, 2.75) is 88.6 Å². The average Bonchev–Trinajstić information content (AvgIpc) is 3.39. The molecule has 5 unspecified atom stereocenters. The number of carbonyl (C=O) groups excluding carboxylic acids is 4. The summed E-state index contributed by atoms with van der Waals surface area (Å²) in [7, 11) is 0. The minimum absolute atomic E-state index is 0.320. The molecule has 13 heteroatoms. The van der Waals surface area contributed by atoms with Crippen molar-refractivity contribution in [2.24, 2.45) is 11.5 Å². The smallest absolute Gasteiger partial charge is 0.245 e. The summed E-state index contributed by atoms with van der Waals surface area (Å²) in [5.41, 5.74) is 11.2. The van der Waals surface area contributed by atoms with Crippen LogP contribution < -0.4 is 27.4 Å². The predicted molar refractivity (Wildman–Crippen MR) is 142 cm³/mol. The summed E-state index contributed by atoms with van der Waals surface area (Å²) < 4.78 is 0. The van der Waals surface area contributed by atoms with Crippen LogP contribution in [0.5, 0.6) is 0 Å². The van der Waals surface area contributed by atoms with E-state index in [0.29, 0.717) is 76.8 Å². The predicted octanol–water partition coefficient (Wildman–Crippen LogP) is -0.945. The molecule has 1 aromatic heterocycles. The Morgan fingerprint density at radius 3 is 2.34 bits per heavy atom. The van der Waals surface area contributed by atoms with E-state index >= 15 is 0 Å². The highest BCUT2D eigenvalue weighted by atomic mass is 16.3. The normalized spacial score (nSPS) is 18.2. The fourth-order valence-corrected chi connectivity index (χ4v) is 4.39. The van der Waals surface area contributed by atoms with Gasteiger partial charge in [-0.15, -0.1) is 0 Å². The maximum Gasteiger partial charge on any atom is 0.245 e. The number of carbonyl (C=O) groups is 4. The minimum Gasteiger partial charge on any atom is -0.391 e. The summed E-state index contributed by atoms with van der Waals surface area (Å²) in [6.07, 6.45) is 8.59. The second-order valence-corrected chi connectivity index (χ2v) is 9.52. The van der Waals surface area contributed by atoms with Gasteiger partial charge in [-0.05, 0) is 71.4 Å². The van der Waals surface area contributed by atoms with Crippen LogP contribution in [0, 0.1) is 0 Å². The van der Waals surface area contributed by atoms with Gasteiger partial charge in [0.25, 0.3) is 0 Å². The molecule has 0 spiro atoms. The van der Waals surface area contributed by atoms with Crippen molar-refractivity contribution in [3.05, 3.63) is 18.6 Å². The van der Waals surface area contributed by atoms with Crippen LogP contribution in [-0.4, -0.2) is 93.9 Å². The molecule has 0 aromatic carbocycles. The van der Waals surface area contributed by atoms with Gasteiger partial charge in [0.1, 0.15) is 30.2 Å². The Kier molecular flexibility index (Phi) is 13.6. The minimum atomic E-state index is -1.31. The molecule has 0 radical (unpaired) electrons. The zero-order valence-electron chi connectivity index (χ0n) is 22.1. The molecule has 0 bridgehead atoms. The maximum atomic E-state index is 13.3. The van der Waals surface area contributed by atoms with Gasteiger partial charge in [-0.1, -0.05) is 0 Å². The lowest BCUT2D eigenvalue weighted by Crippen LogP contribution is -2.59. The molecule has 1 aliphatic rings. The van der Waals surface area contributed by atoms with E-state index in [0.717, 1.165) is 6.29 Å². The van der Waals surface area contributed by atoms with Crippen LogP contribution in [0.2, 0.25) is 0 Å². The summed E-state index contributed by atoms with van der Waals surface area (Å²) in [5, 5.41) is 18.7. The number of aliphatic hydroxyl groups excluding tert-OH is 1. The molecule has 0 saturated carbocycles. The molecule has 1 saturated heterocycles. The monoisotopic (exact) mass is 534 g/mol. The summed E-state index contributed by atoms with van der Waals surface area (Å²) in [6.45, 7) is 2.73. The Bertz CT molecular complexity index is 888. The van der Waals surface area contributed by atoms with E-state index in [1.54, 1.807) is 0 Å². The molecule has 1 aromatic rings. The largest absolute Gasteiger partial charge is 0.391 e. The highest BCUT2D eigenvalue weighted by Gasteiger charge is 2.36. The summed E-state index contributed by atoms with van der Waals surface area (Å²) in [5.74, 6) is -1.18. The van der Waals surface area contributed by atoms with E-state index in [2.05, 4.69) is 25.9 Å². The maximum absolute atomic E-state index is 13.3. The molecule has 13 nitrogen and oxygen atoms in total. The van der Waals surface area contributed by atoms with Gasteiger partial charge >= 0.3 is 0 Å². The van der Waals surface area contributed by atoms with Gasteiger partial charge in [0, 0.05) is 18.9 Å². The molecule has 2 heterocycles. The molecular formula is C25H42N8O5. The van der Waals surface area contributed by atoms with E-state index in [9.17, 15) is 24.3 Å². The van der Waals surface area contributed by atoms with Gasteiger partial charge in [0.2, 0.25) is 17.7 Å². The number of nitrogens with zero attached hydrogens (tertiary/aromatic N) is 3. The zero-order valence-corrected chi connectivity index (χ0v) is 22.1. The van der Waals surface area contributed by atoms with Gasteiger partial charge in [-0.3, -0.25) is 19.4 Å². The molecule has 5 atom stereocenters. The lowest BCUT2D eigenvalue weighted by molar-refractivity contribution is -0.140. The van der Waals surface area contributed by atoms with Crippen LogP contribution in [0.4, 0.5) is 5.82 Å². The van der Waals surface area contributed by atoms with Crippen LogP contribution in [-0.2, 0) is 19.2 Å². The first kappa shape index (κ1) is 31.1. The molecule has 212 valence electrons. The Morgan fingerprint density at radius 2 is 1.76 bits per heavy atom. The molecule has 2 rings (SSSR count). The highest BCUT2D eigenvalue weighted by Crippen LogP contribution is 2.18. The van der Waals surface area contributed by atoms with Gasteiger partial charge in [0.05, 0.1) is 18.3 Å². The van der Waals surface area contributed by atoms with Crippen molar-refractivity contribution < 1.29 is 24.3 Å². The second kappa shape index (κ2) is 16.6. The fraction of sp³-hybridized carbons (Fsp3) is 0.680. The number of likely N-dealkylation sites (tertiary alicyclic amines) is 1. The van der Waals surface area contributed by atoms with Crippen molar-refractivity contribution in [1.82, 2.24) is 25.5 Å². The van der Waals surface area contributed by atoms with E-state index in [4.69, 9.17) is 11.5 Å². The van der Waals surface area contributed by atoms with Crippen LogP contribution in [0.1, 0.15) is 58.3 Å². The highest BCUT2D eigenvalue weighted by molar-refractivity contribution is 5.94. The number of anilines is 1. The van der Waals surface area contributed by atoms with Gasteiger partial charge in [-0.2, -0.15) is 0 Å². The van der Waals surface area contributed by atoms with Crippen molar-refractivity contribution in [1.29, 1.82) is 0 Å². The third-order valence-electron chi connectivity index (χ3n) is 6.51. The van der Waals surface area contributed by atoms with E-state index in [-0.39, 0.29) is 5.91 Å². The second-order valence-electron chi connectivity index (χ2n) is 9.52. The Labute approximate surface area is 223 Å². The van der Waals surface area contributed by atoms with Gasteiger partial charge in [-0.25, -0.2) is 4.98 Å². The SMILES string of the molecule is CC(O)C(NC(=O)C(CCCCN)Nc1cnccn1)C(=O)NC(CCCCN)C(=O)N1CCCC1C=O. The molecule has 38 heavy (non-hydrogen) atoms. The topological polar surface area (TPSA) is 206 Å². The molecule has 0 aliphatic carbocycles. The third kappa shape index (κ3) is 9.62. The number of aliphatic hydroxyl groups is 1. The number of aldehydes is 1. The van der Waals surface area contributed by atoms with E-state index in [1.807, 2.05) is 0 Å². The molecule has 3 amide bonds. The first-order valence-corrected chi connectivity index (χ1v) is 13.3. The molecule has 8 N–H and O–H groups in total. The first-order chi connectivity index (χ1) is 18.3. The molecular weight excluding hydrogens is 492 g/mol. The zero-order chi connectivity index (χ0) is 27.9. The van der Waals surface area contributed by atoms with Gasteiger partial charge in [0.15, 0.2) is 0 Å². The van der Waals surface area contributed by atoms with Crippen LogP contribution in [0.15, 0.2) is 18.6 Å². The van der Waals surface area contributed by atoms with Crippen molar-refractivity contribution in [3.8, 4) is 0 Å².